The summed E-state index contributed by atoms with van der Waals surface area (Å²) in [6, 6.07) is 12.5. The largest absolute Gasteiger partial charge is 0.337 e. The van der Waals surface area contributed by atoms with Crippen molar-refractivity contribution in [3.8, 4) is 11.4 Å². The van der Waals surface area contributed by atoms with Crippen molar-refractivity contribution in [2.75, 3.05) is 26.2 Å². The molecule has 0 amide bonds. The molecule has 0 saturated carbocycles. The highest BCUT2D eigenvalue weighted by Crippen LogP contribution is 2.20. The van der Waals surface area contributed by atoms with Crippen molar-refractivity contribution in [2.24, 2.45) is 0 Å². The standard InChI is InChI=1S/C20H25N5/c1-2-11-25(12-3-1)13-10-21-15-16-6-4-7-17(14-16)19-23-18-8-5-9-22-20(18)24-19/h4-9,14,21H,1-3,10-13,15H2,(H,22,23,24). The van der Waals surface area contributed by atoms with Gasteiger partial charge in [-0.05, 0) is 49.7 Å². The second-order valence-electron chi connectivity index (χ2n) is 6.74. The van der Waals surface area contributed by atoms with E-state index in [1.807, 2.05) is 12.1 Å². The summed E-state index contributed by atoms with van der Waals surface area (Å²) in [7, 11) is 0. The van der Waals surface area contributed by atoms with E-state index in [9.17, 15) is 0 Å². The number of hydrogen-bond donors (Lipinski definition) is 2. The lowest BCUT2D eigenvalue weighted by molar-refractivity contribution is 0.229. The molecule has 5 heteroatoms. The van der Waals surface area contributed by atoms with E-state index in [0.717, 1.165) is 42.2 Å². The third-order valence-electron chi connectivity index (χ3n) is 4.84. The molecule has 3 heterocycles. The molecule has 1 aliphatic rings. The number of H-pyrrole nitrogens is 1. The molecule has 130 valence electrons. The molecule has 0 atom stereocenters. The van der Waals surface area contributed by atoms with Gasteiger partial charge in [0.2, 0.25) is 0 Å². The van der Waals surface area contributed by atoms with Crippen LogP contribution in [0.3, 0.4) is 0 Å². The summed E-state index contributed by atoms with van der Waals surface area (Å²) in [5.74, 6) is 0.879. The molecule has 4 rings (SSSR count). The number of imidazole rings is 1. The molecule has 2 N–H and O–H groups in total. The number of aromatic amines is 1. The average Bonchev–Trinajstić information content (AvgIpc) is 3.11. The first-order valence-electron chi connectivity index (χ1n) is 9.22. The van der Waals surface area contributed by atoms with Crippen LogP contribution < -0.4 is 5.32 Å². The Morgan fingerprint density at radius 1 is 1.08 bits per heavy atom. The Labute approximate surface area is 148 Å². The van der Waals surface area contributed by atoms with Crippen LogP contribution in [0, 0.1) is 0 Å². The first-order valence-corrected chi connectivity index (χ1v) is 9.22. The van der Waals surface area contributed by atoms with E-state index >= 15 is 0 Å². The minimum absolute atomic E-state index is 0.766. The van der Waals surface area contributed by atoms with E-state index in [1.54, 1.807) is 6.20 Å². The van der Waals surface area contributed by atoms with Crippen molar-refractivity contribution in [1.82, 2.24) is 25.2 Å². The number of pyridine rings is 1. The zero-order valence-corrected chi connectivity index (χ0v) is 14.5. The van der Waals surface area contributed by atoms with Gasteiger partial charge in [-0.25, -0.2) is 9.97 Å². The van der Waals surface area contributed by atoms with Gasteiger partial charge in [0, 0.05) is 31.4 Å². The predicted molar refractivity (Wildman–Crippen MR) is 101 cm³/mol. The third-order valence-corrected chi connectivity index (χ3v) is 4.84. The summed E-state index contributed by atoms with van der Waals surface area (Å²) >= 11 is 0. The number of hydrogen-bond acceptors (Lipinski definition) is 4. The Hall–Kier alpha value is -2.24. The molecule has 25 heavy (non-hydrogen) atoms. The Balaban J connectivity index is 1.36. The van der Waals surface area contributed by atoms with Crippen molar-refractivity contribution in [1.29, 1.82) is 0 Å². The maximum Gasteiger partial charge on any atom is 0.178 e. The van der Waals surface area contributed by atoms with Gasteiger partial charge in [-0.3, -0.25) is 0 Å². The van der Waals surface area contributed by atoms with Gasteiger partial charge >= 0.3 is 0 Å². The Morgan fingerprint density at radius 3 is 2.88 bits per heavy atom. The number of likely N-dealkylation sites (tertiary alicyclic amines) is 1. The van der Waals surface area contributed by atoms with Crippen LogP contribution in [0.25, 0.3) is 22.6 Å². The van der Waals surface area contributed by atoms with Gasteiger partial charge in [0.25, 0.3) is 0 Å². The number of rotatable bonds is 6. The first kappa shape index (κ1) is 16.2. The Bertz CT molecular complexity index is 787. The fourth-order valence-corrected chi connectivity index (χ4v) is 3.46. The third kappa shape index (κ3) is 4.06. The van der Waals surface area contributed by atoms with Gasteiger partial charge in [-0.15, -0.1) is 0 Å². The van der Waals surface area contributed by atoms with E-state index in [0.29, 0.717) is 0 Å². The van der Waals surface area contributed by atoms with Crippen LogP contribution in [0.4, 0.5) is 0 Å². The minimum Gasteiger partial charge on any atom is -0.337 e. The highest BCUT2D eigenvalue weighted by molar-refractivity contribution is 5.75. The summed E-state index contributed by atoms with van der Waals surface area (Å²) < 4.78 is 0. The summed E-state index contributed by atoms with van der Waals surface area (Å²) in [5, 5.41) is 3.57. The zero-order valence-electron chi connectivity index (χ0n) is 14.5. The molecule has 1 saturated heterocycles. The average molecular weight is 335 g/mol. The molecular formula is C20H25N5. The summed E-state index contributed by atoms with van der Waals surface area (Å²) in [6.45, 7) is 5.60. The zero-order chi connectivity index (χ0) is 16.9. The van der Waals surface area contributed by atoms with Gasteiger partial charge in [0.1, 0.15) is 5.82 Å². The monoisotopic (exact) mass is 335 g/mol. The maximum atomic E-state index is 4.59. The molecule has 5 nitrogen and oxygen atoms in total. The van der Waals surface area contributed by atoms with Crippen molar-refractivity contribution in [3.05, 3.63) is 48.2 Å². The number of aromatic nitrogens is 3. The fraction of sp³-hybridized carbons (Fsp3) is 0.400. The van der Waals surface area contributed by atoms with Crippen LogP contribution in [0.15, 0.2) is 42.6 Å². The van der Waals surface area contributed by atoms with Crippen molar-refractivity contribution >= 4 is 11.2 Å². The first-order chi connectivity index (χ1) is 12.4. The number of nitrogens with zero attached hydrogens (tertiary/aromatic N) is 3. The smallest absolute Gasteiger partial charge is 0.178 e. The van der Waals surface area contributed by atoms with Crippen LogP contribution in [0.1, 0.15) is 24.8 Å². The Morgan fingerprint density at radius 2 is 2.00 bits per heavy atom. The van der Waals surface area contributed by atoms with Gasteiger partial charge < -0.3 is 15.2 Å². The maximum absolute atomic E-state index is 4.59. The van der Waals surface area contributed by atoms with Crippen molar-refractivity contribution < 1.29 is 0 Å². The van der Waals surface area contributed by atoms with Crippen LogP contribution in [0.2, 0.25) is 0 Å². The molecule has 3 aromatic rings. The number of benzene rings is 1. The lowest BCUT2D eigenvalue weighted by atomic mass is 10.1. The molecule has 2 aromatic heterocycles. The molecule has 0 spiro atoms. The molecule has 0 bridgehead atoms. The quantitative estimate of drug-likeness (QED) is 0.679. The number of fused-ring (bicyclic) bond motifs is 1. The number of nitrogens with one attached hydrogen (secondary N) is 2. The van der Waals surface area contributed by atoms with Crippen LogP contribution >= 0.6 is 0 Å². The van der Waals surface area contributed by atoms with Gasteiger partial charge in [0.05, 0.1) is 5.52 Å². The SMILES string of the molecule is c1cc(CNCCN2CCCCC2)cc(-c2nc3ncccc3[nH]2)c1. The second kappa shape index (κ2) is 7.76. The number of piperidine rings is 1. The van der Waals surface area contributed by atoms with E-state index < -0.39 is 0 Å². The van der Waals surface area contributed by atoms with E-state index in [4.69, 9.17) is 0 Å². The van der Waals surface area contributed by atoms with Gasteiger partial charge in [0.15, 0.2) is 5.65 Å². The van der Waals surface area contributed by atoms with E-state index in [2.05, 4.69) is 49.4 Å². The summed E-state index contributed by atoms with van der Waals surface area (Å²) in [4.78, 5) is 14.8. The molecule has 0 unspecified atom stereocenters. The predicted octanol–water partition coefficient (Wildman–Crippen LogP) is 3.20. The lowest BCUT2D eigenvalue weighted by Gasteiger charge is -2.26. The molecule has 1 aromatic carbocycles. The second-order valence-corrected chi connectivity index (χ2v) is 6.74. The molecular weight excluding hydrogens is 310 g/mol. The van der Waals surface area contributed by atoms with Gasteiger partial charge in [-0.2, -0.15) is 0 Å². The van der Waals surface area contributed by atoms with Crippen molar-refractivity contribution in [2.45, 2.75) is 25.8 Å². The fourth-order valence-electron chi connectivity index (χ4n) is 3.46. The summed E-state index contributed by atoms with van der Waals surface area (Å²) in [6.07, 6.45) is 5.88. The van der Waals surface area contributed by atoms with Crippen LogP contribution in [0.5, 0.6) is 0 Å². The van der Waals surface area contributed by atoms with E-state index in [-0.39, 0.29) is 0 Å². The van der Waals surface area contributed by atoms with E-state index in [1.165, 1.54) is 37.9 Å². The van der Waals surface area contributed by atoms with Crippen molar-refractivity contribution in [3.63, 3.8) is 0 Å². The normalized spacial score (nSPS) is 15.7. The molecule has 1 fully saturated rings. The topological polar surface area (TPSA) is 56.8 Å². The lowest BCUT2D eigenvalue weighted by Crippen LogP contribution is -2.35. The molecule has 0 radical (unpaired) electrons. The highest BCUT2D eigenvalue weighted by atomic mass is 15.1. The van der Waals surface area contributed by atoms with Gasteiger partial charge in [-0.1, -0.05) is 24.6 Å². The van der Waals surface area contributed by atoms with Crippen LogP contribution in [-0.2, 0) is 6.54 Å². The van der Waals surface area contributed by atoms with Crippen LogP contribution in [-0.4, -0.2) is 46.0 Å². The molecule has 1 aliphatic heterocycles. The highest BCUT2D eigenvalue weighted by Gasteiger charge is 2.09. The molecule has 0 aliphatic carbocycles. The minimum atomic E-state index is 0.766. The summed E-state index contributed by atoms with van der Waals surface area (Å²) in [5.41, 5.74) is 4.13. The Kier molecular flexibility index (Phi) is 5.04.